The third-order valence-electron chi connectivity index (χ3n) is 7.66. The molecule has 35 heavy (non-hydrogen) atoms. The lowest BCUT2D eigenvalue weighted by molar-refractivity contribution is -0.141. The van der Waals surface area contributed by atoms with Crippen LogP contribution in [0.3, 0.4) is 0 Å². The van der Waals surface area contributed by atoms with Crippen LogP contribution >= 0.6 is 11.6 Å². The first-order chi connectivity index (χ1) is 16.9. The number of ether oxygens (including phenoxy) is 1. The van der Waals surface area contributed by atoms with E-state index in [0.717, 1.165) is 68.8 Å². The average Bonchev–Trinajstić information content (AvgIpc) is 2.85. The molecule has 0 bridgehead atoms. The van der Waals surface area contributed by atoms with Crippen molar-refractivity contribution in [3.05, 3.63) is 52.1 Å². The van der Waals surface area contributed by atoms with E-state index in [1.54, 1.807) is 12.1 Å². The molecule has 3 atom stereocenters. The molecule has 3 aliphatic rings. The molecule has 1 aromatic carbocycles. The zero-order chi connectivity index (χ0) is 24.5. The second-order valence-electron chi connectivity index (χ2n) is 10.2. The number of rotatable bonds is 4. The summed E-state index contributed by atoms with van der Waals surface area (Å²) in [6.07, 6.45) is 5.27. The van der Waals surface area contributed by atoms with Crippen LogP contribution in [0.1, 0.15) is 48.9 Å². The zero-order valence-corrected chi connectivity index (χ0v) is 21.1. The normalized spacial score (nSPS) is 25.8. The van der Waals surface area contributed by atoms with Crippen molar-refractivity contribution in [3.8, 4) is 0 Å². The molecule has 0 radical (unpaired) electrons. The Morgan fingerprint density at radius 1 is 1.26 bits per heavy atom. The number of hydrogen-bond donors (Lipinski definition) is 1. The van der Waals surface area contributed by atoms with E-state index in [9.17, 15) is 9.18 Å². The van der Waals surface area contributed by atoms with Crippen LogP contribution < -0.4 is 5.32 Å². The van der Waals surface area contributed by atoms with Gasteiger partial charge < -0.3 is 19.9 Å². The van der Waals surface area contributed by atoms with Crippen LogP contribution in [0.4, 0.5) is 10.3 Å². The summed E-state index contributed by atoms with van der Waals surface area (Å²) in [4.78, 5) is 27.5. The third kappa shape index (κ3) is 5.29. The van der Waals surface area contributed by atoms with Crippen molar-refractivity contribution in [3.63, 3.8) is 0 Å². The number of likely N-dealkylation sites (tertiary alicyclic amines) is 1. The van der Waals surface area contributed by atoms with Crippen LogP contribution in [-0.4, -0.2) is 71.1 Å². The lowest BCUT2D eigenvalue weighted by Gasteiger charge is -2.42. The minimum Gasteiger partial charge on any atom is -0.381 e. The topological polar surface area (TPSA) is 70.6 Å². The Morgan fingerprint density at radius 2 is 2.06 bits per heavy atom. The van der Waals surface area contributed by atoms with Gasteiger partial charge in [0.15, 0.2) is 0 Å². The molecule has 7 nitrogen and oxygen atoms in total. The first-order valence-corrected chi connectivity index (χ1v) is 12.9. The highest BCUT2D eigenvalue weighted by Crippen LogP contribution is 2.36. The van der Waals surface area contributed by atoms with Crippen molar-refractivity contribution in [1.82, 2.24) is 19.8 Å². The number of carbonyl (C=O) groups is 1. The van der Waals surface area contributed by atoms with Crippen molar-refractivity contribution >= 4 is 23.5 Å². The Balaban J connectivity index is 1.35. The van der Waals surface area contributed by atoms with Gasteiger partial charge in [0.05, 0.1) is 17.3 Å². The van der Waals surface area contributed by atoms with E-state index >= 15 is 0 Å². The Labute approximate surface area is 211 Å². The lowest BCUT2D eigenvalue weighted by atomic mass is 9.79. The van der Waals surface area contributed by atoms with Gasteiger partial charge >= 0.3 is 0 Å². The first kappa shape index (κ1) is 24.4. The number of anilines is 1. The maximum atomic E-state index is 13.9. The minimum absolute atomic E-state index is 0.0379. The number of amides is 1. The van der Waals surface area contributed by atoms with Crippen molar-refractivity contribution in [1.29, 1.82) is 0 Å². The van der Waals surface area contributed by atoms with E-state index in [1.807, 2.05) is 11.1 Å². The number of piperidine rings is 1. The van der Waals surface area contributed by atoms with Crippen molar-refractivity contribution < 1.29 is 13.9 Å². The molecule has 0 spiro atoms. The molecule has 1 aromatic heterocycles. The van der Waals surface area contributed by atoms with Gasteiger partial charge in [-0.2, -0.15) is 0 Å². The molecule has 0 aliphatic carbocycles. The van der Waals surface area contributed by atoms with E-state index in [-0.39, 0.29) is 28.8 Å². The van der Waals surface area contributed by atoms with E-state index < -0.39 is 5.82 Å². The van der Waals surface area contributed by atoms with Crippen molar-refractivity contribution in [2.24, 2.45) is 5.92 Å². The number of nitrogens with one attached hydrogen (secondary N) is 1. The smallest absolute Gasteiger partial charge is 0.227 e. The summed E-state index contributed by atoms with van der Waals surface area (Å²) < 4.78 is 19.3. The molecule has 2 saturated heterocycles. The molecule has 2 fully saturated rings. The standard InChI is InChI=1S/C26H33ClFN5O2/c1-16-11-18-13-29-26(30-19-6-9-35-10-7-19)31-24(18)15-33(16)25(34)20-5-8-32(2)14-21(20)17-3-4-23(28)22(27)12-17/h3-4,12-13,16,19-21H,5-11,14-15H2,1-2H3,(H,29,30,31)/t16-,20+,21-/m1/s1. The molecule has 4 heterocycles. The van der Waals surface area contributed by atoms with Gasteiger partial charge in [-0.25, -0.2) is 14.4 Å². The number of likely N-dealkylation sites (N-methyl/N-ethyl adjacent to an activating group) is 1. The van der Waals surface area contributed by atoms with Crippen LogP contribution in [0, 0.1) is 11.7 Å². The minimum atomic E-state index is -0.437. The van der Waals surface area contributed by atoms with E-state index in [2.05, 4.69) is 29.2 Å². The predicted molar refractivity (Wildman–Crippen MR) is 133 cm³/mol. The Hall–Kier alpha value is -2.29. The fraction of sp³-hybridized carbons (Fsp3) is 0.577. The van der Waals surface area contributed by atoms with Gasteiger partial charge in [-0.1, -0.05) is 17.7 Å². The number of aromatic nitrogens is 2. The number of nitrogens with zero attached hydrogens (tertiary/aromatic N) is 4. The molecular formula is C26H33ClFN5O2. The van der Waals surface area contributed by atoms with Gasteiger partial charge in [0.1, 0.15) is 5.82 Å². The van der Waals surface area contributed by atoms with E-state index in [4.69, 9.17) is 21.3 Å². The maximum absolute atomic E-state index is 13.9. The van der Waals surface area contributed by atoms with Crippen LogP contribution in [0.2, 0.25) is 5.02 Å². The first-order valence-electron chi connectivity index (χ1n) is 12.5. The number of hydrogen-bond acceptors (Lipinski definition) is 6. The third-order valence-corrected chi connectivity index (χ3v) is 7.95. The largest absolute Gasteiger partial charge is 0.381 e. The van der Waals surface area contributed by atoms with Crippen LogP contribution in [0.25, 0.3) is 0 Å². The zero-order valence-electron chi connectivity index (χ0n) is 20.3. The highest BCUT2D eigenvalue weighted by Gasteiger charge is 2.39. The van der Waals surface area contributed by atoms with Gasteiger partial charge in [0.2, 0.25) is 11.9 Å². The fourth-order valence-electron chi connectivity index (χ4n) is 5.59. The summed E-state index contributed by atoms with van der Waals surface area (Å²) in [6, 6.07) is 5.21. The van der Waals surface area contributed by atoms with E-state index in [0.29, 0.717) is 18.5 Å². The summed E-state index contributed by atoms with van der Waals surface area (Å²) in [5.74, 6) is 0.103. The monoisotopic (exact) mass is 501 g/mol. The molecule has 1 amide bonds. The fourth-order valence-corrected chi connectivity index (χ4v) is 5.78. The molecule has 9 heteroatoms. The highest BCUT2D eigenvalue weighted by molar-refractivity contribution is 6.30. The van der Waals surface area contributed by atoms with Crippen molar-refractivity contribution in [2.45, 2.75) is 57.2 Å². The average molecular weight is 502 g/mol. The number of carbonyl (C=O) groups excluding carboxylic acids is 1. The Bertz CT molecular complexity index is 1080. The van der Waals surface area contributed by atoms with Crippen LogP contribution in [0.15, 0.2) is 24.4 Å². The molecule has 1 N–H and O–H groups in total. The second-order valence-corrected chi connectivity index (χ2v) is 10.6. The molecule has 0 saturated carbocycles. The number of fused-ring (bicyclic) bond motifs is 1. The predicted octanol–water partition coefficient (Wildman–Crippen LogP) is 3.87. The van der Waals surface area contributed by atoms with E-state index in [1.165, 1.54) is 6.07 Å². The van der Waals surface area contributed by atoms with Gasteiger partial charge in [-0.15, -0.1) is 0 Å². The number of halogens is 2. The quantitative estimate of drug-likeness (QED) is 0.686. The Kier molecular flexibility index (Phi) is 7.23. The summed E-state index contributed by atoms with van der Waals surface area (Å²) in [5.41, 5.74) is 2.93. The summed E-state index contributed by atoms with van der Waals surface area (Å²) >= 11 is 6.10. The Morgan fingerprint density at radius 3 is 2.83 bits per heavy atom. The van der Waals surface area contributed by atoms with Gasteiger partial charge in [0, 0.05) is 49.9 Å². The highest BCUT2D eigenvalue weighted by atomic mass is 35.5. The van der Waals surface area contributed by atoms with Crippen LogP contribution in [0.5, 0.6) is 0 Å². The maximum Gasteiger partial charge on any atom is 0.227 e. The molecule has 188 valence electrons. The summed E-state index contributed by atoms with van der Waals surface area (Å²) in [5, 5.41) is 3.54. The van der Waals surface area contributed by atoms with Crippen molar-refractivity contribution in [2.75, 3.05) is 38.7 Å². The van der Waals surface area contributed by atoms with Crippen LogP contribution in [-0.2, 0) is 22.5 Å². The molecular weight excluding hydrogens is 469 g/mol. The summed E-state index contributed by atoms with van der Waals surface area (Å²) in [6.45, 7) is 5.65. The second kappa shape index (κ2) is 10.4. The van der Waals surface area contributed by atoms with Gasteiger partial charge in [-0.3, -0.25) is 4.79 Å². The van der Waals surface area contributed by atoms with Gasteiger partial charge in [0.25, 0.3) is 0 Å². The molecule has 5 rings (SSSR count). The molecule has 0 unspecified atom stereocenters. The number of benzene rings is 1. The van der Waals surface area contributed by atoms with Gasteiger partial charge in [-0.05, 0) is 69.5 Å². The summed E-state index contributed by atoms with van der Waals surface area (Å²) in [7, 11) is 2.06. The SMILES string of the molecule is C[C@@H]1Cc2cnc(NC3CCOCC3)nc2CN1C(=O)[C@H]1CCN(C)C[C@@H]1c1ccc(F)c(Cl)c1. The molecule has 3 aliphatic heterocycles. The molecule has 2 aromatic rings. The lowest BCUT2D eigenvalue weighted by Crippen LogP contribution is -2.50.